The number of rotatable bonds is 4. The van der Waals surface area contributed by atoms with E-state index in [4.69, 9.17) is 4.74 Å². The first-order chi connectivity index (χ1) is 12.9. The quantitative estimate of drug-likeness (QED) is 0.814. The zero-order chi connectivity index (χ0) is 19.2. The summed E-state index contributed by atoms with van der Waals surface area (Å²) >= 11 is 0. The summed E-state index contributed by atoms with van der Waals surface area (Å²) in [6, 6.07) is 6.35. The van der Waals surface area contributed by atoms with Crippen molar-refractivity contribution >= 4 is 11.8 Å². The molecule has 146 valence electrons. The number of ether oxygens (including phenoxy) is 1. The molecule has 3 atom stereocenters. The van der Waals surface area contributed by atoms with Crippen molar-refractivity contribution < 1.29 is 18.7 Å². The van der Waals surface area contributed by atoms with Gasteiger partial charge in [-0.15, -0.1) is 0 Å². The molecule has 1 aromatic carbocycles. The lowest BCUT2D eigenvalue weighted by Gasteiger charge is -2.42. The lowest BCUT2D eigenvalue weighted by atomic mass is 9.68. The van der Waals surface area contributed by atoms with E-state index < -0.39 is 0 Å². The van der Waals surface area contributed by atoms with Gasteiger partial charge < -0.3 is 14.5 Å². The largest absolute Gasteiger partial charge is 0.384 e. The van der Waals surface area contributed by atoms with Gasteiger partial charge in [0.05, 0.1) is 18.1 Å². The van der Waals surface area contributed by atoms with Crippen LogP contribution in [0.4, 0.5) is 4.39 Å². The monoisotopic (exact) mass is 374 g/mol. The van der Waals surface area contributed by atoms with Gasteiger partial charge in [0.1, 0.15) is 5.82 Å². The third-order valence-corrected chi connectivity index (χ3v) is 6.73. The van der Waals surface area contributed by atoms with E-state index in [1.807, 2.05) is 15.9 Å². The van der Waals surface area contributed by atoms with Gasteiger partial charge in [0.2, 0.25) is 11.8 Å². The lowest BCUT2D eigenvalue weighted by Crippen LogP contribution is -2.50. The van der Waals surface area contributed by atoms with Crippen LogP contribution < -0.4 is 0 Å². The molecule has 27 heavy (non-hydrogen) atoms. The zero-order valence-electron chi connectivity index (χ0n) is 16.0. The predicted octanol–water partition coefficient (Wildman–Crippen LogP) is 2.62. The smallest absolute Gasteiger partial charge is 0.231 e. The molecule has 6 heteroatoms. The predicted molar refractivity (Wildman–Crippen MR) is 98.2 cm³/mol. The molecule has 0 spiro atoms. The van der Waals surface area contributed by atoms with Gasteiger partial charge in [-0.25, -0.2) is 4.39 Å². The van der Waals surface area contributed by atoms with Crippen molar-refractivity contribution in [2.75, 3.05) is 33.4 Å². The second kappa shape index (κ2) is 6.89. The Bertz CT molecular complexity index is 749. The fourth-order valence-electron chi connectivity index (χ4n) is 5.29. The Morgan fingerprint density at radius 3 is 2.63 bits per heavy atom. The number of carbonyl (C=O) groups excluding carboxylic acids is 2. The van der Waals surface area contributed by atoms with Crippen molar-refractivity contribution in [3.63, 3.8) is 0 Å². The molecule has 2 amide bonds. The average molecular weight is 374 g/mol. The molecule has 2 heterocycles. The molecular weight excluding hydrogens is 347 g/mol. The summed E-state index contributed by atoms with van der Waals surface area (Å²) in [6.07, 6.45) is 2.84. The van der Waals surface area contributed by atoms with Crippen molar-refractivity contribution in [2.45, 2.75) is 32.2 Å². The minimum atomic E-state index is -0.359. The average Bonchev–Trinajstić information content (AvgIpc) is 3.15. The summed E-state index contributed by atoms with van der Waals surface area (Å²) in [5.41, 5.74) is 0.462. The van der Waals surface area contributed by atoms with Crippen LogP contribution in [-0.4, -0.2) is 55.0 Å². The SMILES string of the molecule is COCC1(C(=O)N2C[C@@H]3CN(C(C)=O)[C@H](c4cccc(F)c4)[C@@H]3C2)CCC1. The van der Waals surface area contributed by atoms with E-state index in [0.29, 0.717) is 26.2 Å². The summed E-state index contributed by atoms with van der Waals surface area (Å²) in [4.78, 5) is 29.2. The van der Waals surface area contributed by atoms with Crippen LogP contribution in [0.1, 0.15) is 37.8 Å². The number of methoxy groups -OCH3 is 1. The summed E-state index contributed by atoms with van der Waals surface area (Å²) < 4.78 is 19.1. The number of carbonyl (C=O) groups is 2. The number of amides is 2. The maximum absolute atomic E-state index is 13.8. The number of benzene rings is 1. The highest BCUT2D eigenvalue weighted by Gasteiger charge is 2.53. The minimum absolute atomic E-state index is 0.00591. The third-order valence-electron chi connectivity index (χ3n) is 6.73. The van der Waals surface area contributed by atoms with Crippen molar-refractivity contribution in [3.8, 4) is 0 Å². The van der Waals surface area contributed by atoms with Crippen molar-refractivity contribution in [2.24, 2.45) is 17.3 Å². The first kappa shape index (κ1) is 18.4. The number of hydrogen-bond acceptors (Lipinski definition) is 3. The van der Waals surface area contributed by atoms with E-state index in [2.05, 4.69) is 0 Å². The maximum atomic E-state index is 13.8. The first-order valence-electron chi connectivity index (χ1n) is 9.76. The van der Waals surface area contributed by atoms with E-state index in [1.54, 1.807) is 20.1 Å². The van der Waals surface area contributed by atoms with E-state index in [-0.39, 0.29) is 40.9 Å². The van der Waals surface area contributed by atoms with Crippen LogP contribution in [0.3, 0.4) is 0 Å². The minimum Gasteiger partial charge on any atom is -0.384 e. The molecule has 0 N–H and O–H groups in total. The number of fused-ring (bicyclic) bond motifs is 1. The Balaban J connectivity index is 1.57. The van der Waals surface area contributed by atoms with E-state index in [1.165, 1.54) is 12.1 Å². The molecular formula is C21H27FN2O3. The van der Waals surface area contributed by atoms with Crippen LogP contribution in [0.25, 0.3) is 0 Å². The molecule has 1 aliphatic carbocycles. The van der Waals surface area contributed by atoms with Gasteiger partial charge in [0, 0.05) is 45.5 Å². The summed E-state index contributed by atoms with van der Waals surface area (Å²) in [5.74, 6) is 0.299. The number of halogens is 1. The fraction of sp³-hybridized carbons (Fsp3) is 0.619. The standard InChI is InChI=1S/C21H27FN2O3/c1-14(25)24-11-16-10-23(20(26)21(13-27-2)7-4-8-21)12-18(16)19(24)15-5-3-6-17(22)9-15/h3,5-6,9,16,18-19H,4,7-8,10-13H2,1-2H3/t16-,18-,19-/m1/s1. The molecule has 0 aromatic heterocycles. The highest BCUT2D eigenvalue weighted by Crippen LogP contribution is 2.48. The molecule has 3 fully saturated rings. The summed E-state index contributed by atoms with van der Waals surface area (Å²) in [5, 5.41) is 0. The van der Waals surface area contributed by atoms with Crippen LogP contribution in [-0.2, 0) is 14.3 Å². The summed E-state index contributed by atoms with van der Waals surface area (Å²) in [7, 11) is 1.65. The maximum Gasteiger partial charge on any atom is 0.231 e. The Morgan fingerprint density at radius 1 is 1.26 bits per heavy atom. The van der Waals surface area contributed by atoms with E-state index >= 15 is 0 Å². The fourth-order valence-corrected chi connectivity index (χ4v) is 5.29. The second-order valence-corrected chi connectivity index (χ2v) is 8.37. The van der Waals surface area contributed by atoms with Crippen molar-refractivity contribution in [1.29, 1.82) is 0 Å². The molecule has 3 aliphatic rings. The molecule has 2 aliphatic heterocycles. The van der Waals surface area contributed by atoms with Gasteiger partial charge in [-0.3, -0.25) is 9.59 Å². The topological polar surface area (TPSA) is 49.9 Å². The Hall–Kier alpha value is -1.95. The Labute approximate surface area is 159 Å². The second-order valence-electron chi connectivity index (χ2n) is 8.37. The highest BCUT2D eigenvalue weighted by molar-refractivity contribution is 5.84. The van der Waals surface area contributed by atoms with Gasteiger partial charge >= 0.3 is 0 Å². The Morgan fingerprint density at radius 2 is 2.04 bits per heavy atom. The molecule has 1 saturated carbocycles. The van der Waals surface area contributed by atoms with Crippen molar-refractivity contribution in [1.82, 2.24) is 9.80 Å². The molecule has 2 saturated heterocycles. The molecule has 1 aromatic rings. The van der Waals surface area contributed by atoms with Gasteiger partial charge in [-0.05, 0) is 30.5 Å². The molecule has 0 radical (unpaired) electrons. The van der Waals surface area contributed by atoms with Gasteiger partial charge in [-0.1, -0.05) is 18.6 Å². The van der Waals surface area contributed by atoms with E-state index in [0.717, 1.165) is 24.8 Å². The van der Waals surface area contributed by atoms with Crippen LogP contribution in [0, 0.1) is 23.1 Å². The number of nitrogens with zero attached hydrogens (tertiary/aromatic N) is 2. The van der Waals surface area contributed by atoms with Gasteiger partial charge in [0.15, 0.2) is 0 Å². The zero-order valence-corrected chi connectivity index (χ0v) is 16.0. The Kier molecular flexibility index (Phi) is 4.70. The van der Waals surface area contributed by atoms with Crippen molar-refractivity contribution in [3.05, 3.63) is 35.6 Å². The molecule has 5 nitrogen and oxygen atoms in total. The highest BCUT2D eigenvalue weighted by atomic mass is 19.1. The van der Waals surface area contributed by atoms with Crippen LogP contribution in [0.2, 0.25) is 0 Å². The molecule has 4 rings (SSSR count). The number of likely N-dealkylation sites (tertiary alicyclic amines) is 2. The van der Waals surface area contributed by atoms with Gasteiger partial charge in [-0.2, -0.15) is 0 Å². The molecule has 0 unspecified atom stereocenters. The molecule has 0 bridgehead atoms. The number of hydrogen-bond donors (Lipinski definition) is 0. The first-order valence-corrected chi connectivity index (χ1v) is 9.76. The van der Waals surface area contributed by atoms with Crippen LogP contribution >= 0.6 is 0 Å². The van der Waals surface area contributed by atoms with Crippen LogP contribution in [0.15, 0.2) is 24.3 Å². The normalized spacial score (nSPS) is 28.8. The van der Waals surface area contributed by atoms with Gasteiger partial charge in [0.25, 0.3) is 0 Å². The van der Waals surface area contributed by atoms with Crippen LogP contribution in [0.5, 0.6) is 0 Å². The van der Waals surface area contributed by atoms with E-state index in [9.17, 15) is 14.0 Å². The summed E-state index contributed by atoms with van der Waals surface area (Å²) in [6.45, 7) is 3.97. The lowest BCUT2D eigenvalue weighted by molar-refractivity contribution is -0.151. The third kappa shape index (κ3) is 3.04.